The number of aliphatic hydroxyl groups excluding tert-OH is 2. The second-order valence-electron chi connectivity index (χ2n) is 16.8. The maximum atomic E-state index is 12.7. The molecular formula is C50H95O9P. The zero-order chi connectivity index (χ0) is 43.9. The Bertz CT molecular complexity index is 1030. The molecule has 9 nitrogen and oxygen atoms in total. The summed E-state index contributed by atoms with van der Waals surface area (Å²) in [5, 5.41) is 18.4. The Morgan fingerprint density at radius 2 is 0.900 bits per heavy atom. The molecule has 0 saturated carbocycles. The van der Waals surface area contributed by atoms with Gasteiger partial charge in [0.1, 0.15) is 12.2 Å². The summed E-state index contributed by atoms with van der Waals surface area (Å²) in [6, 6.07) is 0. The highest BCUT2D eigenvalue weighted by atomic mass is 31.2. The van der Waals surface area contributed by atoms with Crippen LogP contribution in [0.15, 0.2) is 36.5 Å². The number of carbonyl (C=O) groups excluding carboxylic acids is 1. The van der Waals surface area contributed by atoms with E-state index < -0.39 is 33.2 Å². The fourth-order valence-electron chi connectivity index (χ4n) is 6.97. The Hall–Kier alpha value is -1.32. The summed E-state index contributed by atoms with van der Waals surface area (Å²) in [5.41, 5.74) is 0. The molecule has 354 valence electrons. The first-order valence-electron chi connectivity index (χ1n) is 25.0. The molecule has 3 N–H and O–H groups in total. The van der Waals surface area contributed by atoms with Gasteiger partial charge < -0.3 is 24.6 Å². The Morgan fingerprint density at radius 1 is 0.517 bits per heavy atom. The number of unbranched alkanes of at least 4 members (excludes halogenated alkanes) is 28. The fraction of sp³-hybridized carbons (Fsp3) is 0.860. The molecule has 0 aliphatic heterocycles. The molecule has 0 aromatic rings. The predicted octanol–water partition coefficient (Wildman–Crippen LogP) is 14.4. The van der Waals surface area contributed by atoms with Crippen LogP contribution in [0.2, 0.25) is 0 Å². The average Bonchev–Trinajstić information content (AvgIpc) is 3.24. The van der Waals surface area contributed by atoms with Gasteiger partial charge in [0.25, 0.3) is 0 Å². The molecule has 0 rings (SSSR count). The fourth-order valence-corrected chi connectivity index (χ4v) is 7.76. The van der Waals surface area contributed by atoms with Crippen molar-refractivity contribution in [2.45, 2.75) is 244 Å². The second-order valence-corrected chi connectivity index (χ2v) is 18.3. The summed E-state index contributed by atoms with van der Waals surface area (Å²) in [6.45, 7) is 3.52. The third-order valence-electron chi connectivity index (χ3n) is 10.8. The number of esters is 1. The van der Waals surface area contributed by atoms with Crippen molar-refractivity contribution in [1.29, 1.82) is 0 Å². The zero-order valence-corrected chi connectivity index (χ0v) is 39.8. The normalized spacial score (nSPS) is 14.2. The van der Waals surface area contributed by atoms with Crippen LogP contribution in [0.25, 0.3) is 0 Å². The standard InChI is InChI=1S/C50H95O9P/c1-3-5-7-9-11-13-15-17-19-21-23-25-27-29-31-33-35-37-39-41-43-56-46-49(47-58-60(54,55)57-45-48(52)44-51)59-50(53)42-40-38-36-34-32-30-28-26-24-22-20-18-16-14-12-10-8-6-4-2/h11,13,17-20,48-49,51-52H,3-10,12,14-16,21-47H2,1-2H3,(H,54,55)/b13-11-,19-17-,20-18-. The van der Waals surface area contributed by atoms with Crippen LogP contribution in [0.1, 0.15) is 232 Å². The van der Waals surface area contributed by atoms with Gasteiger partial charge in [-0.15, -0.1) is 0 Å². The van der Waals surface area contributed by atoms with Gasteiger partial charge >= 0.3 is 13.8 Å². The van der Waals surface area contributed by atoms with Crippen LogP contribution in [0.3, 0.4) is 0 Å². The molecule has 0 spiro atoms. The Kier molecular flexibility index (Phi) is 46.1. The van der Waals surface area contributed by atoms with Gasteiger partial charge in [-0.1, -0.05) is 192 Å². The van der Waals surface area contributed by atoms with E-state index in [4.69, 9.17) is 23.6 Å². The van der Waals surface area contributed by atoms with E-state index in [9.17, 15) is 19.4 Å². The van der Waals surface area contributed by atoms with Crippen LogP contribution in [-0.2, 0) is 27.9 Å². The lowest BCUT2D eigenvalue weighted by molar-refractivity contribution is -0.154. The zero-order valence-electron chi connectivity index (χ0n) is 38.9. The first-order chi connectivity index (χ1) is 29.3. The molecule has 0 aromatic carbocycles. The molecule has 0 aliphatic rings. The summed E-state index contributed by atoms with van der Waals surface area (Å²) in [4.78, 5) is 22.7. The van der Waals surface area contributed by atoms with Gasteiger partial charge in [0, 0.05) is 13.0 Å². The quantitative estimate of drug-likeness (QED) is 0.0237. The number of aliphatic hydroxyl groups is 2. The number of phosphoric ester groups is 1. The van der Waals surface area contributed by atoms with Crippen molar-refractivity contribution in [2.24, 2.45) is 0 Å². The predicted molar refractivity (Wildman–Crippen MR) is 251 cm³/mol. The first-order valence-corrected chi connectivity index (χ1v) is 26.5. The molecule has 3 atom stereocenters. The monoisotopic (exact) mass is 871 g/mol. The molecule has 0 fully saturated rings. The third-order valence-corrected chi connectivity index (χ3v) is 11.7. The van der Waals surface area contributed by atoms with E-state index in [2.05, 4.69) is 50.3 Å². The minimum Gasteiger partial charge on any atom is -0.457 e. The van der Waals surface area contributed by atoms with Gasteiger partial charge in [-0.25, -0.2) is 4.57 Å². The molecule has 3 unspecified atom stereocenters. The molecule has 60 heavy (non-hydrogen) atoms. The summed E-state index contributed by atoms with van der Waals surface area (Å²) in [5.74, 6) is -0.383. The molecule has 0 amide bonds. The Balaban J connectivity index is 4.09. The number of phosphoric acid groups is 1. The summed E-state index contributed by atoms with van der Waals surface area (Å²) in [6.07, 6.45) is 52.4. The van der Waals surface area contributed by atoms with Gasteiger partial charge in [-0.2, -0.15) is 0 Å². The van der Waals surface area contributed by atoms with Gasteiger partial charge in [-0.05, 0) is 70.6 Å². The summed E-state index contributed by atoms with van der Waals surface area (Å²) in [7, 11) is -4.52. The SMILES string of the molecule is CCCCC/C=C\C/C=C\CCCCCCCCCCCCOCC(COP(=O)(O)OCC(O)CO)OC(=O)CCCCCCCCCCC/C=C\CCCCCCCC. The van der Waals surface area contributed by atoms with Crippen LogP contribution in [0, 0.1) is 0 Å². The first kappa shape index (κ1) is 58.7. The Morgan fingerprint density at radius 3 is 1.38 bits per heavy atom. The maximum absolute atomic E-state index is 12.7. The molecule has 0 aliphatic carbocycles. The van der Waals surface area contributed by atoms with Gasteiger partial charge in [0.15, 0.2) is 0 Å². The van der Waals surface area contributed by atoms with E-state index in [0.717, 1.165) is 44.9 Å². The van der Waals surface area contributed by atoms with Crippen LogP contribution in [0.5, 0.6) is 0 Å². The number of carbonyl (C=O) groups is 1. The van der Waals surface area contributed by atoms with Gasteiger partial charge in [0.2, 0.25) is 0 Å². The lowest BCUT2D eigenvalue weighted by atomic mass is 10.1. The van der Waals surface area contributed by atoms with Crippen molar-refractivity contribution in [2.75, 3.05) is 33.0 Å². The van der Waals surface area contributed by atoms with Crippen molar-refractivity contribution >= 4 is 13.8 Å². The topological polar surface area (TPSA) is 132 Å². The molecule has 0 bridgehead atoms. The molecule has 0 aromatic heterocycles. The van der Waals surface area contributed by atoms with Crippen molar-refractivity contribution in [3.05, 3.63) is 36.5 Å². The van der Waals surface area contributed by atoms with Crippen LogP contribution >= 0.6 is 7.82 Å². The lowest BCUT2D eigenvalue weighted by Gasteiger charge is -2.20. The average molecular weight is 871 g/mol. The number of ether oxygens (including phenoxy) is 2. The van der Waals surface area contributed by atoms with E-state index in [1.807, 2.05) is 0 Å². The van der Waals surface area contributed by atoms with Crippen LogP contribution < -0.4 is 0 Å². The van der Waals surface area contributed by atoms with Crippen LogP contribution in [-0.4, -0.2) is 66.3 Å². The van der Waals surface area contributed by atoms with E-state index >= 15 is 0 Å². The molecule has 10 heteroatoms. The second kappa shape index (κ2) is 47.2. The number of allylic oxidation sites excluding steroid dienone is 6. The smallest absolute Gasteiger partial charge is 0.457 e. The minimum atomic E-state index is -4.52. The molecular weight excluding hydrogens is 776 g/mol. The number of rotatable bonds is 48. The number of hydrogen-bond acceptors (Lipinski definition) is 8. The highest BCUT2D eigenvalue weighted by Gasteiger charge is 2.26. The molecule has 0 saturated heterocycles. The van der Waals surface area contributed by atoms with E-state index in [-0.39, 0.29) is 25.6 Å². The third kappa shape index (κ3) is 46.2. The van der Waals surface area contributed by atoms with Crippen LogP contribution in [0.4, 0.5) is 0 Å². The van der Waals surface area contributed by atoms with Crippen molar-refractivity contribution in [3.63, 3.8) is 0 Å². The van der Waals surface area contributed by atoms with E-state index in [1.54, 1.807) is 0 Å². The van der Waals surface area contributed by atoms with Crippen molar-refractivity contribution in [1.82, 2.24) is 0 Å². The number of hydrogen-bond donors (Lipinski definition) is 3. The Labute approximate surface area is 369 Å². The summed E-state index contributed by atoms with van der Waals surface area (Å²) >= 11 is 0. The summed E-state index contributed by atoms with van der Waals surface area (Å²) < 4.78 is 33.5. The van der Waals surface area contributed by atoms with E-state index in [1.165, 1.54) is 167 Å². The minimum absolute atomic E-state index is 0.0481. The van der Waals surface area contributed by atoms with Gasteiger partial charge in [0.05, 0.1) is 26.4 Å². The molecule has 0 radical (unpaired) electrons. The maximum Gasteiger partial charge on any atom is 0.472 e. The highest BCUT2D eigenvalue weighted by Crippen LogP contribution is 2.43. The molecule has 0 heterocycles. The largest absolute Gasteiger partial charge is 0.472 e. The highest BCUT2D eigenvalue weighted by molar-refractivity contribution is 7.47. The van der Waals surface area contributed by atoms with E-state index in [0.29, 0.717) is 6.61 Å². The van der Waals surface area contributed by atoms with Crippen molar-refractivity contribution < 1.29 is 43.0 Å². The lowest BCUT2D eigenvalue weighted by Crippen LogP contribution is -2.29. The van der Waals surface area contributed by atoms with Gasteiger partial charge in [-0.3, -0.25) is 13.8 Å². The van der Waals surface area contributed by atoms with Crippen molar-refractivity contribution in [3.8, 4) is 0 Å².